The van der Waals surface area contributed by atoms with Gasteiger partial charge in [0.25, 0.3) is 5.91 Å². The number of carboxylic acids is 1. The van der Waals surface area contributed by atoms with Crippen LogP contribution in [0.2, 0.25) is 10.0 Å². The molecule has 1 unspecified atom stereocenters. The van der Waals surface area contributed by atoms with Gasteiger partial charge in [-0.1, -0.05) is 35.3 Å². The highest BCUT2D eigenvalue weighted by Gasteiger charge is 2.30. The number of hydrogen-bond donors (Lipinski definition) is 3. The number of piperidine rings is 1. The number of carbonyl (C=O) groups excluding carboxylic acids is 3. The number of amides is 3. The van der Waals surface area contributed by atoms with Crippen LogP contribution in [0.3, 0.4) is 0 Å². The molecule has 192 valence electrons. The lowest BCUT2D eigenvalue weighted by atomic mass is 9.95. The zero-order valence-corrected chi connectivity index (χ0v) is 22.5. The zero-order valence-electron chi connectivity index (χ0n) is 19.3. The van der Waals surface area contributed by atoms with Crippen LogP contribution in [0.25, 0.3) is 6.08 Å². The topological polar surface area (TPSA) is 116 Å². The summed E-state index contributed by atoms with van der Waals surface area (Å²) in [6, 6.07) is 5.73. The molecule has 3 N–H and O–H groups in total. The van der Waals surface area contributed by atoms with Crippen molar-refractivity contribution in [2.45, 2.75) is 23.8 Å². The summed E-state index contributed by atoms with van der Waals surface area (Å²) < 4.78 is 0. The van der Waals surface area contributed by atoms with Gasteiger partial charge in [0, 0.05) is 36.5 Å². The molecule has 1 aliphatic rings. The molecule has 2 aromatic rings. The van der Waals surface area contributed by atoms with Crippen LogP contribution in [0.5, 0.6) is 0 Å². The van der Waals surface area contributed by atoms with Gasteiger partial charge in [0.2, 0.25) is 11.8 Å². The van der Waals surface area contributed by atoms with E-state index in [1.807, 2.05) is 12.3 Å². The molecule has 0 aliphatic carbocycles. The number of nitrogens with one attached hydrogen (secondary N) is 2. The number of halogens is 2. The second kappa shape index (κ2) is 13.1. The Morgan fingerprint density at radius 1 is 1.19 bits per heavy atom. The Balaban J connectivity index is 1.49. The quantitative estimate of drug-likeness (QED) is 0.310. The van der Waals surface area contributed by atoms with Crippen molar-refractivity contribution in [2.24, 2.45) is 5.92 Å². The number of carbonyl (C=O) groups is 4. The van der Waals surface area contributed by atoms with E-state index < -0.39 is 29.7 Å². The van der Waals surface area contributed by atoms with Gasteiger partial charge in [-0.2, -0.15) is 0 Å². The summed E-state index contributed by atoms with van der Waals surface area (Å²) >= 11 is 15.3. The molecule has 1 fully saturated rings. The number of thioether (sulfide) groups is 1. The zero-order chi connectivity index (χ0) is 26.2. The molecular formula is C24H25Cl2N3O5S2. The summed E-state index contributed by atoms with van der Waals surface area (Å²) in [5.41, 5.74) is 0.632. The van der Waals surface area contributed by atoms with Crippen LogP contribution in [-0.4, -0.2) is 65.6 Å². The van der Waals surface area contributed by atoms with Gasteiger partial charge < -0.3 is 20.6 Å². The summed E-state index contributed by atoms with van der Waals surface area (Å²) in [4.78, 5) is 51.9. The maximum Gasteiger partial charge on any atom is 0.328 e. The first-order chi connectivity index (χ1) is 17.2. The van der Waals surface area contributed by atoms with Gasteiger partial charge in [-0.15, -0.1) is 23.1 Å². The van der Waals surface area contributed by atoms with E-state index in [-0.39, 0.29) is 12.5 Å². The Bertz CT molecular complexity index is 1150. The fraction of sp³-hybridized carbons (Fsp3) is 0.333. The van der Waals surface area contributed by atoms with Crippen molar-refractivity contribution >= 4 is 76.1 Å². The van der Waals surface area contributed by atoms with Crippen LogP contribution in [-0.2, 0) is 14.4 Å². The molecule has 0 saturated carbocycles. The maximum atomic E-state index is 12.7. The molecule has 1 aromatic carbocycles. The van der Waals surface area contributed by atoms with E-state index >= 15 is 0 Å². The van der Waals surface area contributed by atoms with Crippen molar-refractivity contribution in [3.8, 4) is 0 Å². The molecule has 8 nitrogen and oxygen atoms in total. The van der Waals surface area contributed by atoms with Crippen molar-refractivity contribution in [1.29, 1.82) is 0 Å². The van der Waals surface area contributed by atoms with E-state index in [9.17, 15) is 24.3 Å². The molecule has 12 heteroatoms. The number of benzene rings is 1. The standard InChI is InChI=1S/C24H25Cl2N3O5S2/c1-35-17-6-4-14(20(25)21(17)26)5-7-19(30)29-10-8-15(9-11-29)22(31)28-16(24(33)34)13-27-23(32)18-3-2-12-36-18/h2-7,12,15-16H,8-11,13H2,1H3,(H,27,32)(H,28,31)(H,33,34). The van der Waals surface area contributed by atoms with Gasteiger partial charge in [-0.25, -0.2) is 4.79 Å². The summed E-state index contributed by atoms with van der Waals surface area (Å²) in [5, 5.41) is 17.1. The average Bonchev–Trinajstić information content (AvgIpc) is 3.42. The molecule has 1 aromatic heterocycles. The van der Waals surface area contributed by atoms with E-state index in [1.165, 1.54) is 29.2 Å². The second-order valence-electron chi connectivity index (χ2n) is 8.00. The van der Waals surface area contributed by atoms with Crippen LogP contribution >= 0.6 is 46.3 Å². The van der Waals surface area contributed by atoms with Gasteiger partial charge in [0.15, 0.2) is 0 Å². The number of rotatable bonds is 9. The van der Waals surface area contributed by atoms with Crippen molar-refractivity contribution < 1.29 is 24.3 Å². The summed E-state index contributed by atoms with van der Waals surface area (Å²) in [7, 11) is 0. The van der Waals surface area contributed by atoms with E-state index in [2.05, 4.69) is 10.6 Å². The van der Waals surface area contributed by atoms with Crippen LogP contribution < -0.4 is 10.6 Å². The minimum Gasteiger partial charge on any atom is -0.480 e. The number of hydrogen-bond acceptors (Lipinski definition) is 6. The Labute approximate surface area is 227 Å². The minimum absolute atomic E-state index is 0.213. The van der Waals surface area contributed by atoms with Crippen molar-refractivity contribution in [3.05, 3.63) is 56.2 Å². The lowest BCUT2D eigenvalue weighted by Gasteiger charge is -2.31. The van der Waals surface area contributed by atoms with E-state index in [1.54, 1.807) is 34.6 Å². The highest BCUT2D eigenvalue weighted by Crippen LogP contribution is 2.35. The summed E-state index contributed by atoms with van der Waals surface area (Å²) in [5.74, 6) is -2.69. The first-order valence-electron chi connectivity index (χ1n) is 11.0. The third-order valence-corrected chi connectivity index (χ3v) is 8.36. The van der Waals surface area contributed by atoms with Gasteiger partial charge >= 0.3 is 5.97 Å². The van der Waals surface area contributed by atoms with Gasteiger partial charge in [-0.05, 0) is 48.2 Å². The molecule has 1 aliphatic heterocycles. The van der Waals surface area contributed by atoms with Gasteiger partial charge in [-0.3, -0.25) is 14.4 Å². The smallest absolute Gasteiger partial charge is 0.328 e. The predicted octanol–water partition coefficient (Wildman–Crippen LogP) is 4.03. The molecule has 3 amide bonds. The van der Waals surface area contributed by atoms with Crippen molar-refractivity contribution in [2.75, 3.05) is 25.9 Å². The number of carboxylic acid groups (broad SMARTS) is 1. The number of likely N-dealkylation sites (tertiary alicyclic amines) is 1. The Morgan fingerprint density at radius 3 is 2.53 bits per heavy atom. The molecule has 2 heterocycles. The normalized spacial score (nSPS) is 15.0. The molecule has 36 heavy (non-hydrogen) atoms. The van der Waals surface area contributed by atoms with Crippen LogP contribution in [0.1, 0.15) is 28.1 Å². The molecule has 0 bridgehead atoms. The SMILES string of the molecule is CSc1ccc(C=CC(=O)N2CCC(C(=O)NC(CNC(=O)c3cccs3)C(=O)O)CC2)c(Cl)c1Cl. The Hall–Kier alpha value is -2.53. The van der Waals surface area contributed by atoms with Crippen LogP contribution in [0, 0.1) is 5.92 Å². The van der Waals surface area contributed by atoms with Gasteiger partial charge in [0.05, 0.1) is 14.9 Å². The fourth-order valence-electron chi connectivity index (χ4n) is 3.64. The lowest BCUT2D eigenvalue weighted by molar-refractivity contribution is -0.142. The number of nitrogens with zero attached hydrogens (tertiary/aromatic N) is 1. The minimum atomic E-state index is -1.25. The average molecular weight is 571 g/mol. The third-order valence-electron chi connectivity index (χ3n) is 5.71. The highest BCUT2D eigenvalue weighted by atomic mass is 35.5. The molecule has 0 radical (unpaired) electrons. The van der Waals surface area contributed by atoms with E-state index in [0.717, 1.165) is 4.90 Å². The first kappa shape index (κ1) is 28.0. The largest absolute Gasteiger partial charge is 0.480 e. The first-order valence-corrected chi connectivity index (χ1v) is 13.9. The Morgan fingerprint density at radius 2 is 1.92 bits per heavy atom. The van der Waals surface area contributed by atoms with Crippen LogP contribution in [0.4, 0.5) is 0 Å². The Kier molecular flexibility index (Phi) is 10.2. The number of thiophene rings is 1. The molecule has 0 spiro atoms. The molecule has 1 saturated heterocycles. The van der Waals surface area contributed by atoms with Crippen LogP contribution in [0.15, 0.2) is 40.6 Å². The molecular weight excluding hydrogens is 545 g/mol. The van der Waals surface area contributed by atoms with Crippen molar-refractivity contribution in [1.82, 2.24) is 15.5 Å². The monoisotopic (exact) mass is 569 g/mol. The van der Waals surface area contributed by atoms with E-state index in [4.69, 9.17) is 23.2 Å². The number of aliphatic carboxylic acids is 1. The lowest BCUT2D eigenvalue weighted by Crippen LogP contribution is -2.51. The maximum absolute atomic E-state index is 12.7. The van der Waals surface area contributed by atoms with E-state index in [0.29, 0.717) is 46.4 Å². The second-order valence-corrected chi connectivity index (χ2v) is 10.6. The van der Waals surface area contributed by atoms with Gasteiger partial charge in [0.1, 0.15) is 6.04 Å². The summed E-state index contributed by atoms with van der Waals surface area (Å²) in [6.45, 7) is 0.479. The van der Waals surface area contributed by atoms with Crippen molar-refractivity contribution in [3.63, 3.8) is 0 Å². The fourth-order valence-corrected chi connectivity index (χ4v) is 5.45. The third kappa shape index (κ3) is 7.25. The molecule has 1 atom stereocenters. The highest BCUT2D eigenvalue weighted by molar-refractivity contribution is 7.98. The summed E-state index contributed by atoms with van der Waals surface area (Å²) in [6.07, 6.45) is 5.73. The molecule has 3 rings (SSSR count). The predicted molar refractivity (Wildman–Crippen MR) is 143 cm³/mol.